The van der Waals surface area contributed by atoms with Gasteiger partial charge in [0.15, 0.2) is 8.32 Å². The third-order valence-electron chi connectivity index (χ3n) is 10.7. The predicted octanol–water partition coefficient (Wildman–Crippen LogP) is 10.9. The van der Waals surface area contributed by atoms with Crippen molar-refractivity contribution in [3.63, 3.8) is 0 Å². The number of hydrogen-bond acceptors (Lipinski definition) is 1. The van der Waals surface area contributed by atoms with Gasteiger partial charge in [0.2, 0.25) is 0 Å². The van der Waals surface area contributed by atoms with Crippen LogP contribution in [0.1, 0.15) is 113 Å². The van der Waals surface area contributed by atoms with Crippen molar-refractivity contribution in [3.8, 4) is 0 Å². The fraction of sp³-hybridized carbons (Fsp3) is 0.818. The van der Waals surface area contributed by atoms with E-state index in [1.165, 1.54) is 50.5 Å². The lowest BCUT2D eigenvalue weighted by Gasteiger charge is -2.45. The Morgan fingerprint density at radius 2 is 1.73 bits per heavy atom. The van der Waals surface area contributed by atoms with Gasteiger partial charge >= 0.3 is 0 Å². The molecule has 0 aromatic rings. The molecule has 1 nitrogen and oxygen atoms in total. The predicted molar refractivity (Wildman–Crippen MR) is 158 cm³/mol. The van der Waals surface area contributed by atoms with Crippen molar-refractivity contribution in [1.29, 1.82) is 0 Å². The summed E-state index contributed by atoms with van der Waals surface area (Å²) < 4.78 is 38.1. The van der Waals surface area contributed by atoms with Gasteiger partial charge in [-0.3, -0.25) is 0 Å². The third kappa shape index (κ3) is 6.53. The number of halogens is 2. The first-order valence-electron chi connectivity index (χ1n) is 15.2. The standard InChI is InChI=1S/C33H56F2OSi/c1-23(2)13-11-14-24(3)27-19-20-29-26(15-12-22-32(27,29)8)17-18-28-25(4)16-21-30(33(28,34)35)36-37(9,10)31(5,6)7/h17-18,23-24,27,29-30H,4,11-16,19-22H2,1-3,5-10H3/b26-17+,28-18-/t24-,27-,29+,30+,32-/m1/s1. The molecule has 3 fully saturated rings. The molecular weight excluding hydrogens is 478 g/mol. The summed E-state index contributed by atoms with van der Waals surface area (Å²) in [7, 11) is -2.30. The van der Waals surface area contributed by atoms with Crippen LogP contribution in [0.25, 0.3) is 0 Å². The van der Waals surface area contributed by atoms with Gasteiger partial charge in [-0.05, 0) is 97.7 Å². The molecule has 3 rings (SSSR count). The molecule has 0 radical (unpaired) electrons. The van der Waals surface area contributed by atoms with E-state index in [1.807, 2.05) is 0 Å². The van der Waals surface area contributed by atoms with Crippen molar-refractivity contribution in [1.82, 2.24) is 0 Å². The minimum Gasteiger partial charge on any atom is -0.407 e. The Morgan fingerprint density at radius 3 is 2.35 bits per heavy atom. The average Bonchev–Trinajstić information content (AvgIpc) is 3.12. The first kappa shape index (κ1) is 30.8. The monoisotopic (exact) mass is 534 g/mol. The lowest BCUT2D eigenvalue weighted by atomic mass is 9.60. The van der Waals surface area contributed by atoms with E-state index in [-0.39, 0.29) is 10.6 Å². The van der Waals surface area contributed by atoms with Crippen LogP contribution in [-0.4, -0.2) is 20.3 Å². The molecule has 3 aliphatic rings. The van der Waals surface area contributed by atoms with Crippen LogP contribution in [0, 0.1) is 29.1 Å². The second-order valence-electron chi connectivity index (χ2n) is 14.9. The minimum atomic E-state index is -3.00. The molecule has 0 spiro atoms. The van der Waals surface area contributed by atoms with Crippen LogP contribution in [0.2, 0.25) is 18.1 Å². The Kier molecular flexibility index (Phi) is 9.48. The Hall–Kier alpha value is -0.743. The zero-order valence-electron chi connectivity index (χ0n) is 25.5. The Bertz CT molecular complexity index is 877. The average molecular weight is 535 g/mol. The molecule has 5 atom stereocenters. The molecule has 37 heavy (non-hydrogen) atoms. The second-order valence-corrected chi connectivity index (χ2v) is 19.6. The summed E-state index contributed by atoms with van der Waals surface area (Å²) in [6.45, 7) is 24.1. The fourth-order valence-electron chi connectivity index (χ4n) is 7.38. The molecule has 0 amide bonds. The molecule has 0 aliphatic heterocycles. The van der Waals surface area contributed by atoms with Crippen LogP contribution >= 0.6 is 0 Å². The number of alkyl halides is 2. The number of fused-ring (bicyclic) bond motifs is 1. The molecular formula is C33H56F2OSi. The van der Waals surface area contributed by atoms with Gasteiger partial charge in [0, 0.05) is 5.57 Å². The van der Waals surface area contributed by atoms with Crippen molar-refractivity contribution in [2.75, 3.05) is 0 Å². The van der Waals surface area contributed by atoms with E-state index >= 15 is 8.78 Å². The Morgan fingerprint density at radius 1 is 1.05 bits per heavy atom. The van der Waals surface area contributed by atoms with Gasteiger partial charge in [0.25, 0.3) is 5.92 Å². The maximum atomic E-state index is 15.9. The minimum absolute atomic E-state index is 0.0963. The summed E-state index contributed by atoms with van der Waals surface area (Å²) in [5, 5.41) is -0.0963. The summed E-state index contributed by atoms with van der Waals surface area (Å²) >= 11 is 0. The van der Waals surface area contributed by atoms with Crippen molar-refractivity contribution in [3.05, 3.63) is 35.5 Å². The van der Waals surface area contributed by atoms with Gasteiger partial charge in [-0.15, -0.1) is 0 Å². The van der Waals surface area contributed by atoms with Crippen molar-refractivity contribution >= 4 is 8.32 Å². The van der Waals surface area contributed by atoms with Crippen LogP contribution in [0.4, 0.5) is 8.78 Å². The quantitative estimate of drug-likeness (QED) is 0.281. The van der Waals surface area contributed by atoms with Crippen LogP contribution in [0.3, 0.4) is 0 Å². The zero-order chi connectivity index (χ0) is 27.8. The summed E-state index contributed by atoms with van der Waals surface area (Å²) in [5.74, 6) is -0.212. The van der Waals surface area contributed by atoms with Gasteiger partial charge in [-0.25, -0.2) is 0 Å². The maximum absolute atomic E-state index is 15.9. The fourth-order valence-corrected chi connectivity index (χ4v) is 8.71. The highest BCUT2D eigenvalue weighted by Crippen LogP contribution is 2.60. The molecule has 3 aliphatic carbocycles. The van der Waals surface area contributed by atoms with E-state index < -0.39 is 20.3 Å². The third-order valence-corrected chi connectivity index (χ3v) is 15.2. The summed E-state index contributed by atoms with van der Waals surface area (Å²) in [4.78, 5) is 0. The Labute approximate surface area is 228 Å². The SMILES string of the molecule is C=C1CC[C@H](O[Si](C)(C)C(C)(C)C)C(F)(F)/C1=C\C=C1/CCC[C@]2(C)[C@@H]([C@H](C)CCCC(C)C)CC[C@@H]12. The molecule has 0 N–H and O–H groups in total. The summed E-state index contributed by atoms with van der Waals surface area (Å²) in [6, 6.07) is 0. The number of rotatable bonds is 8. The van der Waals surface area contributed by atoms with Crippen LogP contribution in [-0.2, 0) is 4.43 Å². The maximum Gasteiger partial charge on any atom is 0.297 e. The van der Waals surface area contributed by atoms with Gasteiger partial charge < -0.3 is 4.43 Å². The van der Waals surface area contributed by atoms with Crippen molar-refractivity contribution in [2.45, 2.75) is 143 Å². The highest BCUT2D eigenvalue weighted by Gasteiger charge is 2.53. The molecule has 212 valence electrons. The number of allylic oxidation sites excluding steroid dienone is 4. The topological polar surface area (TPSA) is 9.23 Å². The normalized spacial score (nSPS) is 33.8. The van der Waals surface area contributed by atoms with Gasteiger partial charge in [0.05, 0.1) is 0 Å². The van der Waals surface area contributed by atoms with Crippen LogP contribution < -0.4 is 0 Å². The first-order valence-corrected chi connectivity index (χ1v) is 18.1. The molecule has 4 heteroatoms. The lowest BCUT2D eigenvalue weighted by Crippen LogP contribution is -2.51. The smallest absolute Gasteiger partial charge is 0.297 e. The van der Waals surface area contributed by atoms with Gasteiger partial charge in [-0.1, -0.05) is 92.0 Å². The van der Waals surface area contributed by atoms with Crippen LogP contribution in [0.15, 0.2) is 35.5 Å². The van der Waals surface area contributed by atoms with Gasteiger partial charge in [0.1, 0.15) is 6.10 Å². The zero-order valence-corrected chi connectivity index (χ0v) is 26.5. The van der Waals surface area contributed by atoms with E-state index in [9.17, 15) is 0 Å². The van der Waals surface area contributed by atoms with Crippen molar-refractivity contribution < 1.29 is 13.2 Å². The molecule has 3 saturated carbocycles. The Balaban J connectivity index is 1.80. The van der Waals surface area contributed by atoms with E-state index in [4.69, 9.17) is 4.43 Å². The van der Waals surface area contributed by atoms with E-state index in [1.54, 1.807) is 6.08 Å². The van der Waals surface area contributed by atoms with Gasteiger partial charge in [-0.2, -0.15) is 8.78 Å². The first-order chi connectivity index (χ1) is 17.0. The summed E-state index contributed by atoms with van der Waals surface area (Å²) in [6.07, 6.45) is 13.6. The largest absolute Gasteiger partial charge is 0.407 e. The molecule has 0 heterocycles. The summed E-state index contributed by atoms with van der Waals surface area (Å²) in [5.41, 5.74) is 2.39. The second kappa shape index (κ2) is 11.4. The highest BCUT2D eigenvalue weighted by molar-refractivity contribution is 6.74. The van der Waals surface area contributed by atoms with E-state index in [0.717, 1.165) is 24.2 Å². The molecule has 0 saturated heterocycles. The lowest BCUT2D eigenvalue weighted by molar-refractivity contribution is -0.0797. The molecule has 0 bridgehead atoms. The highest BCUT2D eigenvalue weighted by atomic mass is 28.4. The molecule has 0 aromatic heterocycles. The van der Waals surface area contributed by atoms with E-state index in [0.29, 0.717) is 29.7 Å². The molecule has 0 unspecified atom stereocenters. The molecule has 0 aromatic carbocycles. The number of hydrogen-bond donors (Lipinski definition) is 0. The van der Waals surface area contributed by atoms with Crippen LogP contribution in [0.5, 0.6) is 0 Å². The van der Waals surface area contributed by atoms with Crippen molar-refractivity contribution in [2.24, 2.45) is 29.1 Å². The van der Waals surface area contributed by atoms with E-state index in [2.05, 4.69) is 74.2 Å².